The van der Waals surface area contributed by atoms with Crippen LogP contribution in [0.5, 0.6) is 5.75 Å². The zero-order valence-corrected chi connectivity index (χ0v) is 11.1. The number of carboxylic acids is 1. The molecule has 0 saturated carbocycles. The van der Waals surface area contributed by atoms with Crippen LogP contribution in [0.3, 0.4) is 0 Å². The molecule has 1 saturated heterocycles. The molecular formula is C15H17NO4. The van der Waals surface area contributed by atoms with Gasteiger partial charge >= 0.3 is 5.97 Å². The van der Waals surface area contributed by atoms with E-state index in [0.717, 1.165) is 18.4 Å². The minimum absolute atomic E-state index is 0.0616. The maximum Gasteiger partial charge on any atom is 0.371 e. The fraction of sp³-hybridized carbons (Fsp3) is 0.400. The number of fused-ring (bicyclic) bond motifs is 1. The van der Waals surface area contributed by atoms with Crippen molar-refractivity contribution < 1.29 is 19.1 Å². The quantitative estimate of drug-likeness (QED) is 0.877. The molecular weight excluding hydrogens is 258 g/mol. The van der Waals surface area contributed by atoms with Crippen molar-refractivity contribution in [3.05, 3.63) is 30.0 Å². The molecule has 20 heavy (non-hydrogen) atoms. The number of para-hydroxylation sites is 1. The van der Waals surface area contributed by atoms with Crippen molar-refractivity contribution in [2.75, 3.05) is 13.2 Å². The van der Waals surface area contributed by atoms with E-state index in [2.05, 4.69) is 5.32 Å². The first-order valence-corrected chi connectivity index (χ1v) is 6.86. The van der Waals surface area contributed by atoms with E-state index in [-0.39, 0.29) is 5.76 Å². The molecule has 0 spiro atoms. The molecule has 3 rings (SSSR count). The molecule has 5 nitrogen and oxygen atoms in total. The fourth-order valence-electron chi connectivity index (χ4n) is 2.57. The first-order valence-electron chi connectivity index (χ1n) is 6.86. The number of carbonyl (C=O) groups is 1. The van der Waals surface area contributed by atoms with Crippen LogP contribution in [-0.2, 0) is 0 Å². The Bertz CT molecular complexity index is 613. The van der Waals surface area contributed by atoms with Gasteiger partial charge < -0.3 is 19.6 Å². The van der Waals surface area contributed by atoms with E-state index in [4.69, 9.17) is 14.3 Å². The van der Waals surface area contributed by atoms with E-state index in [1.54, 1.807) is 6.07 Å². The maximum absolute atomic E-state index is 10.9. The standard InChI is InChI=1S/C15H17NO4/c17-15(18)13-9-10-3-1-5-12(14(10)20-13)19-8-6-11-4-2-7-16-11/h1,3,5,9,11,16H,2,4,6-8H2,(H,17,18). The molecule has 5 heteroatoms. The number of benzene rings is 1. The van der Waals surface area contributed by atoms with Crippen molar-refractivity contribution >= 4 is 16.9 Å². The van der Waals surface area contributed by atoms with Gasteiger partial charge in [-0.2, -0.15) is 0 Å². The van der Waals surface area contributed by atoms with Crippen LogP contribution in [0.1, 0.15) is 29.8 Å². The largest absolute Gasteiger partial charge is 0.490 e. The molecule has 1 atom stereocenters. The van der Waals surface area contributed by atoms with Crippen molar-refractivity contribution in [1.82, 2.24) is 5.32 Å². The van der Waals surface area contributed by atoms with Crippen molar-refractivity contribution in [1.29, 1.82) is 0 Å². The zero-order chi connectivity index (χ0) is 13.9. The van der Waals surface area contributed by atoms with Gasteiger partial charge in [0.05, 0.1) is 6.61 Å². The summed E-state index contributed by atoms with van der Waals surface area (Å²) >= 11 is 0. The van der Waals surface area contributed by atoms with Gasteiger partial charge in [-0.15, -0.1) is 0 Å². The SMILES string of the molecule is O=C(O)c1cc2cccc(OCCC3CCCN3)c2o1. The molecule has 1 aromatic heterocycles. The molecule has 2 heterocycles. The topological polar surface area (TPSA) is 71.7 Å². The van der Waals surface area contributed by atoms with Crippen molar-refractivity contribution in [2.24, 2.45) is 0 Å². The number of aromatic carboxylic acids is 1. The highest BCUT2D eigenvalue weighted by Gasteiger charge is 2.16. The average Bonchev–Trinajstić information content (AvgIpc) is 3.07. The van der Waals surface area contributed by atoms with Gasteiger partial charge in [0.2, 0.25) is 5.76 Å². The second-order valence-electron chi connectivity index (χ2n) is 5.02. The van der Waals surface area contributed by atoms with Crippen molar-refractivity contribution in [3.63, 3.8) is 0 Å². The van der Waals surface area contributed by atoms with Crippen LogP contribution in [0.2, 0.25) is 0 Å². The van der Waals surface area contributed by atoms with Crippen LogP contribution in [-0.4, -0.2) is 30.3 Å². The van der Waals surface area contributed by atoms with Crippen LogP contribution >= 0.6 is 0 Å². The Kier molecular flexibility index (Phi) is 3.60. The summed E-state index contributed by atoms with van der Waals surface area (Å²) in [5, 5.41) is 13.1. The van der Waals surface area contributed by atoms with Gasteiger partial charge in [0, 0.05) is 11.4 Å². The Morgan fingerprint density at radius 1 is 1.50 bits per heavy atom. The summed E-state index contributed by atoms with van der Waals surface area (Å²) in [4.78, 5) is 10.9. The van der Waals surface area contributed by atoms with Crippen LogP contribution < -0.4 is 10.1 Å². The molecule has 1 aliphatic rings. The number of carboxylic acid groups (broad SMARTS) is 1. The Morgan fingerprint density at radius 3 is 3.15 bits per heavy atom. The van der Waals surface area contributed by atoms with Gasteiger partial charge in [0.15, 0.2) is 11.3 Å². The molecule has 106 valence electrons. The predicted octanol–water partition coefficient (Wildman–Crippen LogP) is 2.65. The lowest BCUT2D eigenvalue weighted by Gasteiger charge is -2.11. The second-order valence-corrected chi connectivity index (χ2v) is 5.02. The molecule has 0 amide bonds. The van der Waals surface area contributed by atoms with E-state index < -0.39 is 5.97 Å². The summed E-state index contributed by atoms with van der Waals surface area (Å²) in [7, 11) is 0. The Labute approximate surface area is 116 Å². The fourth-order valence-corrected chi connectivity index (χ4v) is 2.57. The first-order chi connectivity index (χ1) is 9.74. The molecule has 2 aromatic rings. The number of hydrogen-bond acceptors (Lipinski definition) is 4. The molecule has 2 N–H and O–H groups in total. The molecule has 1 fully saturated rings. The highest BCUT2D eigenvalue weighted by atomic mass is 16.5. The van der Waals surface area contributed by atoms with Crippen LogP contribution in [0.4, 0.5) is 0 Å². The number of nitrogens with one attached hydrogen (secondary N) is 1. The molecule has 0 aliphatic carbocycles. The van der Waals surface area contributed by atoms with E-state index in [0.29, 0.717) is 24.0 Å². The summed E-state index contributed by atoms with van der Waals surface area (Å²) in [6.07, 6.45) is 3.36. The highest BCUT2D eigenvalue weighted by Crippen LogP contribution is 2.29. The summed E-state index contributed by atoms with van der Waals surface area (Å²) in [5.41, 5.74) is 0.504. The number of hydrogen-bond donors (Lipinski definition) is 2. The van der Waals surface area contributed by atoms with Gasteiger partial charge in [-0.05, 0) is 37.9 Å². The molecule has 0 bridgehead atoms. The lowest BCUT2D eigenvalue weighted by molar-refractivity contribution is 0.0665. The number of rotatable bonds is 5. The van der Waals surface area contributed by atoms with Gasteiger partial charge in [0.1, 0.15) is 0 Å². The minimum Gasteiger partial charge on any atom is -0.490 e. The second kappa shape index (κ2) is 5.54. The summed E-state index contributed by atoms with van der Waals surface area (Å²) < 4.78 is 11.1. The Morgan fingerprint density at radius 2 is 2.40 bits per heavy atom. The van der Waals surface area contributed by atoms with Gasteiger partial charge in [-0.1, -0.05) is 12.1 Å². The molecule has 0 radical (unpaired) electrons. The normalized spacial score (nSPS) is 18.5. The third-order valence-corrected chi connectivity index (χ3v) is 3.61. The van der Waals surface area contributed by atoms with Gasteiger partial charge in [-0.25, -0.2) is 4.79 Å². The Balaban J connectivity index is 1.71. The maximum atomic E-state index is 10.9. The number of furan rings is 1. The first kappa shape index (κ1) is 13.0. The van der Waals surface area contributed by atoms with E-state index in [9.17, 15) is 4.79 Å². The molecule has 1 unspecified atom stereocenters. The summed E-state index contributed by atoms with van der Waals surface area (Å²) in [6.45, 7) is 1.68. The minimum atomic E-state index is -1.07. The average molecular weight is 275 g/mol. The van der Waals surface area contributed by atoms with Gasteiger partial charge in [0.25, 0.3) is 0 Å². The van der Waals surface area contributed by atoms with E-state index in [1.807, 2.05) is 12.1 Å². The molecule has 1 aliphatic heterocycles. The van der Waals surface area contributed by atoms with Crippen molar-refractivity contribution in [2.45, 2.75) is 25.3 Å². The van der Waals surface area contributed by atoms with Gasteiger partial charge in [-0.3, -0.25) is 0 Å². The zero-order valence-electron chi connectivity index (χ0n) is 11.1. The summed E-state index contributed by atoms with van der Waals surface area (Å²) in [5.74, 6) is -0.524. The predicted molar refractivity (Wildman–Crippen MR) is 74.3 cm³/mol. The third kappa shape index (κ3) is 2.63. The lowest BCUT2D eigenvalue weighted by Crippen LogP contribution is -2.23. The lowest BCUT2D eigenvalue weighted by atomic mass is 10.2. The smallest absolute Gasteiger partial charge is 0.371 e. The van der Waals surface area contributed by atoms with Crippen LogP contribution in [0.25, 0.3) is 11.0 Å². The molecule has 1 aromatic carbocycles. The van der Waals surface area contributed by atoms with Crippen LogP contribution in [0, 0.1) is 0 Å². The van der Waals surface area contributed by atoms with Crippen LogP contribution in [0.15, 0.2) is 28.7 Å². The summed E-state index contributed by atoms with van der Waals surface area (Å²) in [6, 6.07) is 7.51. The Hall–Kier alpha value is -2.01. The third-order valence-electron chi connectivity index (χ3n) is 3.61. The van der Waals surface area contributed by atoms with E-state index >= 15 is 0 Å². The van der Waals surface area contributed by atoms with Crippen molar-refractivity contribution in [3.8, 4) is 5.75 Å². The highest BCUT2D eigenvalue weighted by molar-refractivity contribution is 5.93. The van der Waals surface area contributed by atoms with E-state index in [1.165, 1.54) is 18.9 Å². The number of ether oxygens (including phenoxy) is 1. The monoisotopic (exact) mass is 275 g/mol.